The normalized spacial score (nSPS) is 11.3. The van der Waals surface area contributed by atoms with Crippen molar-refractivity contribution in [2.24, 2.45) is 5.41 Å². The summed E-state index contributed by atoms with van der Waals surface area (Å²) in [4.78, 5) is 17.7. The van der Waals surface area contributed by atoms with Gasteiger partial charge in [-0.05, 0) is 19.1 Å². The zero-order valence-corrected chi connectivity index (χ0v) is 13.9. The molecule has 2 aromatic rings. The molecule has 0 bridgehead atoms. The topological polar surface area (TPSA) is 54.0 Å². The first-order valence-corrected chi connectivity index (χ1v) is 7.70. The summed E-state index contributed by atoms with van der Waals surface area (Å²) in [5, 5.41) is 6.89. The molecule has 0 aliphatic heterocycles. The molecule has 2 rings (SSSR count). The van der Waals surface area contributed by atoms with Crippen LogP contribution < -0.4 is 10.6 Å². The van der Waals surface area contributed by atoms with Gasteiger partial charge in [-0.25, -0.2) is 4.98 Å². The van der Waals surface area contributed by atoms with Crippen LogP contribution in [0.3, 0.4) is 0 Å². The van der Waals surface area contributed by atoms with E-state index < -0.39 is 5.41 Å². The highest BCUT2D eigenvalue weighted by Crippen LogP contribution is 2.30. The Morgan fingerprint density at radius 3 is 2.29 bits per heavy atom. The average Bonchev–Trinajstić information content (AvgIpc) is 2.80. The van der Waals surface area contributed by atoms with E-state index in [-0.39, 0.29) is 5.91 Å². The van der Waals surface area contributed by atoms with Gasteiger partial charge in [0.1, 0.15) is 0 Å². The van der Waals surface area contributed by atoms with Crippen LogP contribution in [0.5, 0.6) is 0 Å². The van der Waals surface area contributed by atoms with Crippen LogP contribution in [-0.2, 0) is 4.79 Å². The smallest absolute Gasteiger partial charge is 0.229 e. The summed E-state index contributed by atoms with van der Waals surface area (Å²) >= 11 is 1.64. The summed E-state index contributed by atoms with van der Waals surface area (Å²) in [6.07, 6.45) is 0. The number of anilines is 2. The molecule has 0 aliphatic rings. The second-order valence-corrected chi connectivity index (χ2v) is 7.16. The maximum atomic E-state index is 12.0. The number of benzene rings is 1. The summed E-state index contributed by atoms with van der Waals surface area (Å²) < 4.78 is 0. The van der Waals surface area contributed by atoms with Crippen molar-refractivity contribution < 1.29 is 4.79 Å². The molecule has 0 saturated carbocycles. The number of nitrogens with one attached hydrogen (secondary N) is 2. The Morgan fingerprint density at radius 1 is 1.19 bits per heavy atom. The minimum atomic E-state index is -0.397. The third-order valence-corrected chi connectivity index (χ3v) is 4.10. The van der Waals surface area contributed by atoms with Crippen LogP contribution in [0.25, 0.3) is 11.3 Å². The molecular formula is C16H21N3OS. The van der Waals surface area contributed by atoms with E-state index in [0.717, 1.165) is 22.1 Å². The molecule has 21 heavy (non-hydrogen) atoms. The van der Waals surface area contributed by atoms with Crippen LogP contribution in [0.2, 0.25) is 0 Å². The highest BCUT2D eigenvalue weighted by molar-refractivity contribution is 7.15. The molecule has 1 heterocycles. The fraction of sp³-hybridized carbons (Fsp3) is 0.375. The van der Waals surface area contributed by atoms with E-state index in [1.54, 1.807) is 11.3 Å². The van der Waals surface area contributed by atoms with Gasteiger partial charge in [0.25, 0.3) is 0 Å². The first kappa shape index (κ1) is 15.5. The van der Waals surface area contributed by atoms with Gasteiger partial charge in [-0.2, -0.15) is 0 Å². The van der Waals surface area contributed by atoms with Crippen molar-refractivity contribution in [1.29, 1.82) is 0 Å². The van der Waals surface area contributed by atoms with Crippen molar-refractivity contribution in [3.63, 3.8) is 0 Å². The predicted octanol–water partition coefficient (Wildman–Crippen LogP) is 4.14. The molecule has 0 atom stereocenters. The van der Waals surface area contributed by atoms with Gasteiger partial charge in [-0.3, -0.25) is 4.79 Å². The fourth-order valence-corrected chi connectivity index (χ4v) is 2.59. The van der Waals surface area contributed by atoms with E-state index in [0.29, 0.717) is 0 Å². The molecule has 0 aliphatic carbocycles. The van der Waals surface area contributed by atoms with Crippen molar-refractivity contribution in [3.05, 3.63) is 29.1 Å². The third kappa shape index (κ3) is 3.61. The zero-order chi connectivity index (χ0) is 15.6. The molecule has 0 saturated heterocycles. The molecule has 112 valence electrons. The molecule has 5 heteroatoms. The number of aromatic nitrogens is 1. The van der Waals surface area contributed by atoms with Gasteiger partial charge >= 0.3 is 0 Å². The van der Waals surface area contributed by atoms with Crippen LogP contribution in [0, 0.1) is 12.3 Å². The molecule has 1 aromatic carbocycles. The van der Waals surface area contributed by atoms with Crippen LogP contribution in [-0.4, -0.2) is 17.9 Å². The molecular weight excluding hydrogens is 282 g/mol. The Kier molecular flexibility index (Phi) is 4.32. The molecule has 2 N–H and O–H groups in total. The summed E-state index contributed by atoms with van der Waals surface area (Å²) in [5.41, 5.74) is 2.45. The van der Waals surface area contributed by atoms with E-state index in [9.17, 15) is 4.79 Å². The lowest BCUT2D eigenvalue weighted by atomic mass is 9.95. The quantitative estimate of drug-likeness (QED) is 0.896. The lowest BCUT2D eigenvalue weighted by Gasteiger charge is -2.17. The lowest BCUT2D eigenvalue weighted by molar-refractivity contribution is -0.123. The Bertz CT molecular complexity index is 639. The third-order valence-electron chi connectivity index (χ3n) is 3.11. The standard InChI is InChI=1S/C16H21N3OS/c1-10-13(19-15(17-5)21-10)11-6-8-12(9-7-11)18-14(20)16(2,3)4/h6-9H,1-5H3,(H,17,19)(H,18,20). The molecule has 0 radical (unpaired) electrons. The van der Waals surface area contributed by atoms with Crippen molar-refractivity contribution in [2.75, 3.05) is 17.7 Å². The molecule has 0 fully saturated rings. The highest BCUT2D eigenvalue weighted by Gasteiger charge is 2.21. The van der Waals surface area contributed by atoms with E-state index in [1.165, 1.54) is 4.88 Å². The first-order chi connectivity index (χ1) is 9.81. The Balaban J connectivity index is 2.19. The van der Waals surface area contributed by atoms with Gasteiger partial charge in [-0.1, -0.05) is 32.9 Å². The van der Waals surface area contributed by atoms with Crippen LogP contribution >= 0.6 is 11.3 Å². The average molecular weight is 303 g/mol. The number of nitrogens with zero attached hydrogens (tertiary/aromatic N) is 1. The maximum absolute atomic E-state index is 12.0. The first-order valence-electron chi connectivity index (χ1n) is 6.88. The summed E-state index contributed by atoms with van der Waals surface area (Å²) in [7, 11) is 1.87. The minimum absolute atomic E-state index is 0.0116. The Morgan fingerprint density at radius 2 is 1.81 bits per heavy atom. The van der Waals surface area contributed by atoms with Crippen molar-refractivity contribution >= 4 is 28.1 Å². The van der Waals surface area contributed by atoms with E-state index in [1.807, 2.05) is 52.1 Å². The number of amides is 1. The van der Waals surface area contributed by atoms with E-state index >= 15 is 0 Å². The zero-order valence-electron chi connectivity index (χ0n) is 13.1. The van der Waals surface area contributed by atoms with Crippen molar-refractivity contribution in [3.8, 4) is 11.3 Å². The Labute approximate surface area is 129 Å². The van der Waals surface area contributed by atoms with Gasteiger partial charge in [0.15, 0.2) is 5.13 Å². The minimum Gasteiger partial charge on any atom is -0.365 e. The number of hydrogen-bond donors (Lipinski definition) is 2. The highest BCUT2D eigenvalue weighted by atomic mass is 32.1. The van der Waals surface area contributed by atoms with Gasteiger partial charge < -0.3 is 10.6 Å². The molecule has 0 unspecified atom stereocenters. The summed E-state index contributed by atoms with van der Waals surface area (Å²) in [6.45, 7) is 7.75. The van der Waals surface area contributed by atoms with Gasteiger partial charge in [0.05, 0.1) is 5.69 Å². The second-order valence-electron chi connectivity index (χ2n) is 5.96. The molecule has 0 spiro atoms. The summed E-state index contributed by atoms with van der Waals surface area (Å²) in [5.74, 6) is 0.0116. The SMILES string of the molecule is CNc1nc(-c2ccc(NC(=O)C(C)(C)C)cc2)c(C)s1. The van der Waals surface area contributed by atoms with Crippen molar-refractivity contribution in [2.45, 2.75) is 27.7 Å². The summed E-state index contributed by atoms with van der Waals surface area (Å²) in [6, 6.07) is 7.80. The number of carbonyl (C=O) groups excluding carboxylic acids is 1. The monoisotopic (exact) mass is 303 g/mol. The lowest BCUT2D eigenvalue weighted by Crippen LogP contribution is -2.27. The maximum Gasteiger partial charge on any atom is 0.229 e. The van der Waals surface area contributed by atoms with E-state index in [4.69, 9.17) is 0 Å². The van der Waals surface area contributed by atoms with Crippen LogP contribution in [0.1, 0.15) is 25.6 Å². The molecule has 1 aromatic heterocycles. The van der Waals surface area contributed by atoms with Gasteiger partial charge in [0, 0.05) is 28.6 Å². The number of thiazole rings is 1. The van der Waals surface area contributed by atoms with Gasteiger partial charge in [0.2, 0.25) is 5.91 Å². The molecule has 4 nitrogen and oxygen atoms in total. The number of carbonyl (C=O) groups is 1. The molecule has 1 amide bonds. The van der Waals surface area contributed by atoms with Crippen LogP contribution in [0.4, 0.5) is 10.8 Å². The van der Waals surface area contributed by atoms with Crippen LogP contribution in [0.15, 0.2) is 24.3 Å². The number of rotatable bonds is 3. The second kappa shape index (κ2) is 5.85. The number of hydrogen-bond acceptors (Lipinski definition) is 4. The van der Waals surface area contributed by atoms with E-state index in [2.05, 4.69) is 22.5 Å². The van der Waals surface area contributed by atoms with Gasteiger partial charge in [-0.15, -0.1) is 11.3 Å². The fourth-order valence-electron chi connectivity index (χ4n) is 1.80. The number of aryl methyl sites for hydroxylation is 1. The Hall–Kier alpha value is -1.88. The largest absolute Gasteiger partial charge is 0.365 e. The van der Waals surface area contributed by atoms with Crippen molar-refractivity contribution in [1.82, 2.24) is 4.98 Å². The predicted molar refractivity (Wildman–Crippen MR) is 89.9 cm³/mol.